The Morgan fingerprint density at radius 2 is 1.84 bits per heavy atom. The zero-order valence-electron chi connectivity index (χ0n) is 13.2. The first-order valence-corrected chi connectivity index (χ1v) is 7.96. The molecule has 0 aliphatic rings. The summed E-state index contributed by atoms with van der Waals surface area (Å²) in [7, 11) is 0. The molecule has 1 aromatic heterocycles. The summed E-state index contributed by atoms with van der Waals surface area (Å²) in [5.74, 6) is -0.272. The maximum absolute atomic E-state index is 12.6. The molecule has 0 saturated carbocycles. The third-order valence-corrected chi connectivity index (χ3v) is 3.75. The monoisotopic (exact) mass is 354 g/mol. The number of carbonyl (C=O) groups is 2. The van der Waals surface area contributed by atoms with E-state index in [1.807, 2.05) is 30.3 Å². The Balaban J connectivity index is 1.73. The van der Waals surface area contributed by atoms with E-state index < -0.39 is 6.09 Å². The molecule has 3 aromatic rings. The molecule has 0 radical (unpaired) electrons. The average molecular weight is 355 g/mol. The summed E-state index contributed by atoms with van der Waals surface area (Å²) in [6.07, 6.45) is 1.01. The van der Waals surface area contributed by atoms with Gasteiger partial charge in [0.1, 0.15) is 6.61 Å². The van der Waals surface area contributed by atoms with Gasteiger partial charge >= 0.3 is 6.09 Å². The van der Waals surface area contributed by atoms with E-state index in [2.05, 4.69) is 10.3 Å². The fourth-order valence-electron chi connectivity index (χ4n) is 2.30. The number of hydrogen-bond acceptors (Lipinski definition) is 3. The number of halogens is 1. The van der Waals surface area contributed by atoms with Gasteiger partial charge in [0.05, 0.1) is 11.4 Å². The van der Waals surface area contributed by atoms with Gasteiger partial charge in [0.2, 0.25) is 5.78 Å². The van der Waals surface area contributed by atoms with Crippen molar-refractivity contribution in [3.05, 3.63) is 88.7 Å². The Bertz CT molecular complexity index is 877. The molecule has 0 saturated heterocycles. The van der Waals surface area contributed by atoms with Gasteiger partial charge in [-0.15, -0.1) is 0 Å². The molecule has 0 aliphatic carbocycles. The highest BCUT2D eigenvalue weighted by Crippen LogP contribution is 2.23. The molecule has 0 bridgehead atoms. The van der Waals surface area contributed by atoms with Crippen LogP contribution in [0.15, 0.2) is 66.9 Å². The van der Waals surface area contributed by atoms with Crippen LogP contribution >= 0.6 is 11.6 Å². The lowest BCUT2D eigenvalue weighted by molar-refractivity contribution is 0.103. The molecular formula is C19H15ClN2O3. The summed E-state index contributed by atoms with van der Waals surface area (Å²) in [6, 6.07) is 17.4. The van der Waals surface area contributed by atoms with Crippen LogP contribution in [-0.2, 0) is 11.3 Å². The van der Waals surface area contributed by atoms with Gasteiger partial charge in [-0.3, -0.25) is 10.1 Å². The Morgan fingerprint density at radius 1 is 1.04 bits per heavy atom. The summed E-state index contributed by atoms with van der Waals surface area (Å²) >= 11 is 5.99. The number of aromatic nitrogens is 1. The van der Waals surface area contributed by atoms with E-state index in [4.69, 9.17) is 16.3 Å². The fourth-order valence-corrected chi connectivity index (χ4v) is 2.47. The van der Waals surface area contributed by atoms with E-state index in [1.165, 1.54) is 6.07 Å². The largest absolute Gasteiger partial charge is 0.444 e. The summed E-state index contributed by atoms with van der Waals surface area (Å²) in [6.45, 7) is 0.139. The van der Waals surface area contributed by atoms with Crippen molar-refractivity contribution in [2.24, 2.45) is 0 Å². The van der Waals surface area contributed by atoms with Crippen LogP contribution < -0.4 is 5.32 Å². The van der Waals surface area contributed by atoms with Crippen LogP contribution in [0, 0.1) is 0 Å². The van der Waals surface area contributed by atoms with Crippen molar-refractivity contribution in [3.8, 4) is 0 Å². The molecular weight excluding hydrogens is 340 g/mol. The fraction of sp³-hybridized carbons (Fsp3) is 0.0526. The first kappa shape index (κ1) is 16.8. The third-order valence-electron chi connectivity index (χ3n) is 3.52. The first-order valence-electron chi connectivity index (χ1n) is 7.59. The van der Waals surface area contributed by atoms with E-state index in [1.54, 1.807) is 30.5 Å². The van der Waals surface area contributed by atoms with Crippen LogP contribution in [-0.4, -0.2) is 16.9 Å². The minimum atomic E-state index is -0.647. The number of anilines is 1. The number of rotatable bonds is 5. The zero-order chi connectivity index (χ0) is 17.6. The molecule has 25 heavy (non-hydrogen) atoms. The average Bonchev–Trinajstić information content (AvgIpc) is 3.16. The molecule has 5 nitrogen and oxygen atoms in total. The molecule has 0 fully saturated rings. The predicted octanol–water partition coefficient (Wildman–Crippen LogP) is 4.65. The maximum Gasteiger partial charge on any atom is 0.411 e. The highest BCUT2D eigenvalue weighted by molar-refractivity contribution is 6.31. The Labute approximate surface area is 149 Å². The molecule has 1 heterocycles. The molecule has 0 unspecified atom stereocenters. The normalized spacial score (nSPS) is 10.3. The molecule has 126 valence electrons. The highest BCUT2D eigenvalue weighted by Gasteiger charge is 2.17. The van der Waals surface area contributed by atoms with Crippen molar-refractivity contribution in [1.29, 1.82) is 0 Å². The van der Waals surface area contributed by atoms with Crippen LogP contribution in [0.2, 0.25) is 5.02 Å². The number of benzene rings is 2. The van der Waals surface area contributed by atoms with Crippen LogP contribution in [0.25, 0.3) is 0 Å². The molecule has 0 aliphatic heterocycles. The molecule has 3 rings (SSSR count). The van der Waals surface area contributed by atoms with Crippen molar-refractivity contribution in [1.82, 2.24) is 4.98 Å². The van der Waals surface area contributed by atoms with Crippen molar-refractivity contribution >= 4 is 29.2 Å². The standard InChI is InChI=1S/C19H15ClN2O3/c20-14-8-9-16(15(11-14)18(23)17-7-4-10-21-17)22-19(24)25-12-13-5-2-1-3-6-13/h1-11,21H,12H2,(H,22,24). The van der Waals surface area contributed by atoms with Crippen molar-refractivity contribution in [2.45, 2.75) is 6.61 Å². The third kappa shape index (κ3) is 4.28. The molecule has 2 aromatic carbocycles. The van der Waals surface area contributed by atoms with E-state index >= 15 is 0 Å². The van der Waals surface area contributed by atoms with Gasteiger partial charge in [-0.1, -0.05) is 41.9 Å². The van der Waals surface area contributed by atoms with Crippen molar-refractivity contribution in [3.63, 3.8) is 0 Å². The van der Waals surface area contributed by atoms with Crippen molar-refractivity contribution in [2.75, 3.05) is 5.32 Å². The van der Waals surface area contributed by atoms with E-state index in [0.717, 1.165) is 5.56 Å². The molecule has 6 heteroatoms. The van der Waals surface area contributed by atoms with E-state index in [0.29, 0.717) is 16.4 Å². The zero-order valence-corrected chi connectivity index (χ0v) is 13.9. The highest BCUT2D eigenvalue weighted by atomic mass is 35.5. The SMILES string of the molecule is O=C(Nc1ccc(Cl)cc1C(=O)c1ccc[nH]1)OCc1ccccc1. The molecule has 2 N–H and O–H groups in total. The molecule has 0 spiro atoms. The topological polar surface area (TPSA) is 71.2 Å². The van der Waals surface area contributed by atoms with Gasteiger partial charge < -0.3 is 9.72 Å². The quantitative estimate of drug-likeness (QED) is 0.655. The van der Waals surface area contributed by atoms with E-state index in [9.17, 15) is 9.59 Å². The van der Waals surface area contributed by atoms with Crippen molar-refractivity contribution < 1.29 is 14.3 Å². The smallest absolute Gasteiger partial charge is 0.411 e. The number of hydrogen-bond donors (Lipinski definition) is 2. The number of amides is 1. The number of ketones is 1. The van der Waals surface area contributed by atoms with Gasteiger partial charge in [-0.2, -0.15) is 0 Å². The van der Waals surface area contributed by atoms with Gasteiger partial charge in [-0.25, -0.2) is 4.79 Å². The Kier molecular flexibility index (Phi) is 5.16. The Hall–Kier alpha value is -3.05. The number of nitrogens with one attached hydrogen (secondary N) is 2. The second kappa shape index (κ2) is 7.68. The minimum absolute atomic E-state index is 0.139. The lowest BCUT2D eigenvalue weighted by atomic mass is 10.1. The molecule has 0 atom stereocenters. The number of aromatic amines is 1. The van der Waals surface area contributed by atoms with Gasteiger partial charge in [-0.05, 0) is 35.9 Å². The van der Waals surface area contributed by atoms with Crippen LogP contribution in [0.4, 0.5) is 10.5 Å². The summed E-state index contributed by atoms with van der Waals surface area (Å²) < 4.78 is 5.19. The van der Waals surface area contributed by atoms with Crippen LogP contribution in [0.1, 0.15) is 21.6 Å². The van der Waals surface area contributed by atoms with Crippen LogP contribution in [0.5, 0.6) is 0 Å². The lowest BCUT2D eigenvalue weighted by Gasteiger charge is -2.11. The maximum atomic E-state index is 12.6. The Morgan fingerprint density at radius 3 is 2.56 bits per heavy atom. The van der Waals surface area contributed by atoms with E-state index in [-0.39, 0.29) is 18.0 Å². The minimum Gasteiger partial charge on any atom is -0.444 e. The van der Waals surface area contributed by atoms with Gasteiger partial charge in [0, 0.05) is 16.8 Å². The summed E-state index contributed by atoms with van der Waals surface area (Å²) in [4.78, 5) is 27.5. The van der Waals surface area contributed by atoms with Gasteiger partial charge in [0.15, 0.2) is 0 Å². The summed E-state index contributed by atoms with van der Waals surface area (Å²) in [5.41, 5.74) is 1.90. The lowest BCUT2D eigenvalue weighted by Crippen LogP contribution is -2.16. The number of ether oxygens (including phenoxy) is 1. The number of carbonyl (C=O) groups excluding carboxylic acids is 2. The van der Waals surface area contributed by atoms with Crippen LogP contribution in [0.3, 0.4) is 0 Å². The van der Waals surface area contributed by atoms with Gasteiger partial charge in [0.25, 0.3) is 0 Å². The second-order valence-corrected chi connectivity index (χ2v) is 5.73. The molecule has 1 amide bonds. The first-order chi connectivity index (χ1) is 12.1. The predicted molar refractivity (Wildman–Crippen MR) is 95.9 cm³/mol. The summed E-state index contributed by atoms with van der Waals surface area (Å²) in [5, 5.41) is 3.00. The second-order valence-electron chi connectivity index (χ2n) is 5.29. The number of H-pyrrole nitrogens is 1.